The van der Waals surface area contributed by atoms with Crippen molar-refractivity contribution in [2.24, 2.45) is 0 Å². The normalized spacial score (nSPS) is 10.3. The number of para-hydroxylation sites is 1. The number of aryl methyl sites for hydroxylation is 1. The first-order valence-corrected chi connectivity index (χ1v) is 6.95. The minimum absolute atomic E-state index is 0.0614. The quantitative estimate of drug-likeness (QED) is 0.761. The number of nitrogens with one attached hydrogen (secondary N) is 2. The molecule has 2 rings (SSSR count). The van der Waals surface area contributed by atoms with E-state index in [0.29, 0.717) is 13.1 Å². The van der Waals surface area contributed by atoms with E-state index in [1.54, 1.807) is 12.1 Å². The van der Waals surface area contributed by atoms with Gasteiger partial charge in [0.1, 0.15) is 5.75 Å². The molecule has 0 spiro atoms. The van der Waals surface area contributed by atoms with Crippen LogP contribution in [0, 0.1) is 6.92 Å². The summed E-state index contributed by atoms with van der Waals surface area (Å²) in [6.07, 6.45) is 0. The van der Waals surface area contributed by atoms with E-state index in [4.69, 9.17) is 0 Å². The number of phenolic OH excluding ortho intramolecular Hbond substituents is 1. The molecule has 0 atom stereocenters. The molecular weight excluding hydrogens is 264 g/mol. The fraction of sp³-hybridized carbons (Fsp3) is 0.235. The molecule has 0 saturated heterocycles. The van der Waals surface area contributed by atoms with Crippen LogP contribution in [0.2, 0.25) is 0 Å². The van der Waals surface area contributed by atoms with Crippen molar-refractivity contribution in [2.75, 3.05) is 6.54 Å². The first-order valence-electron chi connectivity index (χ1n) is 6.95. The van der Waals surface area contributed by atoms with Crippen LogP contribution in [0.25, 0.3) is 0 Å². The van der Waals surface area contributed by atoms with Crippen LogP contribution in [0.15, 0.2) is 48.5 Å². The monoisotopic (exact) mass is 284 g/mol. The summed E-state index contributed by atoms with van der Waals surface area (Å²) in [5, 5.41) is 15.5. The van der Waals surface area contributed by atoms with Crippen LogP contribution in [0.3, 0.4) is 0 Å². The van der Waals surface area contributed by atoms with Gasteiger partial charge in [0.05, 0.1) is 6.54 Å². The van der Waals surface area contributed by atoms with Gasteiger partial charge in [-0.15, -0.1) is 0 Å². The summed E-state index contributed by atoms with van der Waals surface area (Å²) < 4.78 is 0. The summed E-state index contributed by atoms with van der Waals surface area (Å²) in [5.74, 6) is 0.180. The van der Waals surface area contributed by atoms with Crippen LogP contribution in [0.5, 0.6) is 5.75 Å². The first kappa shape index (κ1) is 15.1. The van der Waals surface area contributed by atoms with Crippen LogP contribution < -0.4 is 10.6 Å². The highest BCUT2D eigenvalue weighted by molar-refractivity contribution is 5.78. The number of phenols is 1. The van der Waals surface area contributed by atoms with Gasteiger partial charge in [-0.1, -0.05) is 42.5 Å². The van der Waals surface area contributed by atoms with Gasteiger partial charge < -0.3 is 15.7 Å². The summed E-state index contributed by atoms with van der Waals surface area (Å²) in [5.41, 5.74) is 3.07. The van der Waals surface area contributed by atoms with Crippen molar-refractivity contribution >= 4 is 5.91 Å². The average Bonchev–Trinajstić information content (AvgIpc) is 2.48. The lowest BCUT2D eigenvalue weighted by Gasteiger charge is -2.09. The lowest BCUT2D eigenvalue weighted by atomic mass is 10.1. The van der Waals surface area contributed by atoms with E-state index in [-0.39, 0.29) is 18.2 Å². The Balaban J connectivity index is 1.73. The number of amides is 1. The SMILES string of the molecule is Cc1ccccc1CNC(=O)CNCc1ccccc1O. The number of hydrogen-bond donors (Lipinski definition) is 3. The molecule has 0 aliphatic rings. The third kappa shape index (κ3) is 4.61. The van der Waals surface area contributed by atoms with E-state index in [1.165, 1.54) is 5.56 Å². The fourth-order valence-corrected chi connectivity index (χ4v) is 2.04. The Morgan fingerprint density at radius 2 is 1.67 bits per heavy atom. The maximum absolute atomic E-state index is 11.8. The van der Waals surface area contributed by atoms with Crippen LogP contribution >= 0.6 is 0 Å². The van der Waals surface area contributed by atoms with E-state index in [9.17, 15) is 9.90 Å². The van der Waals surface area contributed by atoms with E-state index in [0.717, 1.165) is 11.1 Å². The van der Waals surface area contributed by atoms with Crippen LogP contribution in [-0.2, 0) is 17.9 Å². The van der Waals surface area contributed by atoms with Crippen molar-refractivity contribution in [1.29, 1.82) is 0 Å². The first-order chi connectivity index (χ1) is 10.2. The Hall–Kier alpha value is -2.33. The molecule has 21 heavy (non-hydrogen) atoms. The van der Waals surface area contributed by atoms with Crippen molar-refractivity contribution in [3.8, 4) is 5.75 Å². The highest BCUT2D eigenvalue weighted by atomic mass is 16.3. The molecule has 0 radical (unpaired) electrons. The summed E-state index contributed by atoms with van der Waals surface area (Å²) >= 11 is 0. The van der Waals surface area contributed by atoms with E-state index < -0.39 is 0 Å². The molecule has 0 aliphatic carbocycles. The minimum Gasteiger partial charge on any atom is -0.508 e. The minimum atomic E-state index is -0.0614. The Kier molecular flexibility index (Phi) is 5.35. The molecule has 110 valence electrons. The van der Waals surface area contributed by atoms with Gasteiger partial charge in [-0.3, -0.25) is 4.79 Å². The van der Waals surface area contributed by atoms with Crippen molar-refractivity contribution < 1.29 is 9.90 Å². The Bertz CT molecular complexity index is 611. The Morgan fingerprint density at radius 1 is 1.00 bits per heavy atom. The van der Waals surface area contributed by atoms with Crippen molar-refractivity contribution in [2.45, 2.75) is 20.0 Å². The third-order valence-electron chi connectivity index (χ3n) is 3.33. The van der Waals surface area contributed by atoms with Gasteiger partial charge >= 0.3 is 0 Å². The average molecular weight is 284 g/mol. The second kappa shape index (κ2) is 7.45. The maximum Gasteiger partial charge on any atom is 0.234 e. The molecule has 2 aromatic rings. The zero-order chi connectivity index (χ0) is 15.1. The number of carbonyl (C=O) groups excluding carboxylic acids is 1. The molecule has 2 aromatic carbocycles. The van der Waals surface area contributed by atoms with Crippen LogP contribution in [-0.4, -0.2) is 17.6 Å². The number of rotatable bonds is 6. The maximum atomic E-state index is 11.8. The van der Waals surface area contributed by atoms with Gasteiger partial charge in [-0.05, 0) is 24.1 Å². The summed E-state index contributed by atoms with van der Waals surface area (Å²) in [7, 11) is 0. The van der Waals surface area contributed by atoms with Gasteiger partial charge in [-0.2, -0.15) is 0 Å². The molecule has 0 saturated carbocycles. The van der Waals surface area contributed by atoms with Gasteiger partial charge in [0.15, 0.2) is 0 Å². The summed E-state index contributed by atoms with van der Waals surface area (Å²) in [6, 6.07) is 15.1. The Labute approximate surface area is 124 Å². The second-order valence-corrected chi connectivity index (χ2v) is 4.94. The molecule has 0 heterocycles. The van der Waals surface area contributed by atoms with Gasteiger partial charge in [0, 0.05) is 18.7 Å². The molecule has 0 bridgehead atoms. The molecule has 0 aliphatic heterocycles. The second-order valence-electron chi connectivity index (χ2n) is 4.94. The summed E-state index contributed by atoms with van der Waals surface area (Å²) in [4.78, 5) is 11.8. The van der Waals surface area contributed by atoms with Crippen molar-refractivity contribution in [3.63, 3.8) is 0 Å². The van der Waals surface area contributed by atoms with Crippen LogP contribution in [0.4, 0.5) is 0 Å². The van der Waals surface area contributed by atoms with Gasteiger partial charge in [-0.25, -0.2) is 0 Å². The predicted molar refractivity (Wildman–Crippen MR) is 82.8 cm³/mol. The van der Waals surface area contributed by atoms with Crippen LogP contribution in [0.1, 0.15) is 16.7 Å². The van der Waals surface area contributed by atoms with E-state index in [1.807, 2.05) is 43.3 Å². The number of aromatic hydroxyl groups is 1. The largest absolute Gasteiger partial charge is 0.508 e. The number of carbonyl (C=O) groups is 1. The zero-order valence-corrected chi connectivity index (χ0v) is 12.1. The highest BCUT2D eigenvalue weighted by Crippen LogP contribution is 2.14. The lowest BCUT2D eigenvalue weighted by molar-refractivity contribution is -0.120. The van der Waals surface area contributed by atoms with E-state index >= 15 is 0 Å². The molecule has 3 N–H and O–H groups in total. The standard InChI is InChI=1S/C17H20N2O2/c1-13-6-2-3-7-14(13)11-19-17(21)12-18-10-15-8-4-5-9-16(15)20/h2-9,18,20H,10-12H2,1H3,(H,19,21). The van der Waals surface area contributed by atoms with Gasteiger partial charge in [0.25, 0.3) is 0 Å². The molecular formula is C17H20N2O2. The van der Waals surface area contributed by atoms with E-state index in [2.05, 4.69) is 10.6 Å². The van der Waals surface area contributed by atoms with Gasteiger partial charge in [0.2, 0.25) is 5.91 Å². The zero-order valence-electron chi connectivity index (χ0n) is 12.1. The topological polar surface area (TPSA) is 61.4 Å². The fourth-order valence-electron chi connectivity index (χ4n) is 2.04. The molecule has 1 amide bonds. The predicted octanol–water partition coefficient (Wildman–Crippen LogP) is 2.11. The summed E-state index contributed by atoms with van der Waals surface area (Å²) in [6.45, 7) is 3.24. The molecule has 4 nitrogen and oxygen atoms in total. The molecule has 0 aromatic heterocycles. The lowest BCUT2D eigenvalue weighted by Crippen LogP contribution is -2.33. The molecule has 4 heteroatoms. The Morgan fingerprint density at radius 3 is 2.38 bits per heavy atom. The smallest absolute Gasteiger partial charge is 0.234 e. The third-order valence-corrected chi connectivity index (χ3v) is 3.33. The van der Waals surface area contributed by atoms with Crippen molar-refractivity contribution in [1.82, 2.24) is 10.6 Å². The number of benzene rings is 2. The molecule has 0 unspecified atom stereocenters. The molecule has 0 fully saturated rings. The van der Waals surface area contributed by atoms with Crippen molar-refractivity contribution in [3.05, 3.63) is 65.2 Å². The number of hydrogen-bond acceptors (Lipinski definition) is 3. The highest BCUT2D eigenvalue weighted by Gasteiger charge is 2.04.